The van der Waals surface area contributed by atoms with Crippen LogP contribution in [0.15, 0.2) is 53.7 Å². The van der Waals surface area contributed by atoms with Gasteiger partial charge in [-0.2, -0.15) is 0 Å². The van der Waals surface area contributed by atoms with Gasteiger partial charge in [0, 0.05) is 45.7 Å². The van der Waals surface area contributed by atoms with Crippen molar-refractivity contribution in [3.05, 3.63) is 59.7 Å². The highest BCUT2D eigenvalue weighted by molar-refractivity contribution is 6.01. The molecule has 1 atom stereocenters. The molecule has 1 unspecified atom stereocenters. The van der Waals surface area contributed by atoms with Gasteiger partial charge in [-0.05, 0) is 29.3 Å². The molecule has 0 saturated carbocycles. The van der Waals surface area contributed by atoms with Crippen LogP contribution in [0.4, 0.5) is 0 Å². The zero-order chi connectivity index (χ0) is 18.6. The van der Waals surface area contributed by atoms with Crippen molar-refractivity contribution >= 4 is 5.71 Å². The van der Waals surface area contributed by atoms with Crippen LogP contribution in [-0.4, -0.2) is 61.4 Å². The molecule has 142 valence electrons. The lowest BCUT2D eigenvalue weighted by molar-refractivity contribution is 0.0918. The third kappa shape index (κ3) is 4.21. The third-order valence-corrected chi connectivity index (χ3v) is 5.53. The molecule has 0 amide bonds. The van der Waals surface area contributed by atoms with Crippen molar-refractivity contribution in [3.63, 3.8) is 0 Å². The summed E-state index contributed by atoms with van der Waals surface area (Å²) in [5.41, 5.74) is 11.7. The molecule has 0 aliphatic carbocycles. The number of nitrogens with two attached hydrogens (primary N) is 1. The molecule has 1 fully saturated rings. The molecule has 5 nitrogen and oxygen atoms in total. The van der Waals surface area contributed by atoms with Gasteiger partial charge in [-0.1, -0.05) is 53.7 Å². The smallest absolute Gasteiger partial charge is 0.145 e. The molecule has 0 radical (unpaired) electrons. The molecule has 0 aromatic heterocycles. The number of likely N-dealkylation sites (N-methyl/N-ethyl adjacent to an activating group) is 1. The van der Waals surface area contributed by atoms with E-state index in [0.717, 1.165) is 50.4 Å². The van der Waals surface area contributed by atoms with Gasteiger partial charge < -0.3 is 15.5 Å². The van der Waals surface area contributed by atoms with Crippen molar-refractivity contribution in [2.45, 2.75) is 19.1 Å². The summed E-state index contributed by atoms with van der Waals surface area (Å²) in [5.74, 6) is 0. The van der Waals surface area contributed by atoms with Crippen molar-refractivity contribution in [3.8, 4) is 11.1 Å². The van der Waals surface area contributed by atoms with Gasteiger partial charge >= 0.3 is 0 Å². The van der Waals surface area contributed by atoms with Crippen LogP contribution in [0.2, 0.25) is 0 Å². The average molecular weight is 364 g/mol. The Bertz CT molecular complexity index is 794. The van der Waals surface area contributed by atoms with Crippen molar-refractivity contribution in [2.24, 2.45) is 10.9 Å². The normalized spacial score (nSPS) is 21.1. The molecule has 27 heavy (non-hydrogen) atoms. The summed E-state index contributed by atoms with van der Waals surface area (Å²) in [5, 5.41) is 4.19. The van der Waals surface area contributed by atoms with Crippen LogP contribution in [0.25, 0.3) is 11.1 Å². The molecular weight excluding hydrogens is 336 g/mol. The topological polar surface area (TPSA) is 54.1 Å². The van der Waals surface area contributed by atoms with Crippen LogP contribution in [0, 0.1) is 0 Å². The maximum atomic E-state index is 5.67. The second kappa shape index (κ2) is 8.21. The van der Waals surface area contributed by atoms with Gasteiger partial charge in [0.05, 0.1) is 5.71 Å². The second-order valence-electron chi connectivity index (χ2n) is 7.52. The van der Waals surface area contributed by atoms with Gasteiger partial charge in [-0.15, -0.1) is 0 Å². The first-order valence-corrected chi connectivity index (χ1v) is 9.75. The van der Waals surface area contributed by atoms with E-state index in [4.69, 9.17) is 10.6 Å². The summed E-state index contributed by atoms with van der Waals surface area (Å²) in [6.45, 7) is 6.06. The molecule has 2 N–H and O–H groups in total. The largest absolute Gasteiger partial charge is 0.390 e. The van der Waals surface area contributed by atoms with Gasteiger partial charge in [-0.25, -0.2) is 0 Å². The first-order valence-electron chi connectivity index (χ1n) is 9.75. The fourth-order valence-electron chi connectivity index (χ4n) is 3.75. The highest BCUT2D eigenvalue weighted by Gasteiger charge is 2.21. The Morgan fingerprint density at radius 2 is 1.70 bits per heavy atom. The number of rotatable bonds is 5. The summed E-state index contributed by atoms with van der Waals surface area (Å²) in [6.07, 6.45) is 0.805. The Kier molecular flexibility index (Phi) is 5.53. The van der Waals surface area contributed by atoms with E-state index in [2.05, 4.69) is 70.5 Å². The third-order valence-electron chi connectivity index (χ3n) is 5.53. The average Bonchev–Trinajstić information content (AvgIpc) is 3.20. The Morgan fingerprint density at radius 3 is 2.41 bits per heavy atom. The van der Waals surface area contributed by atoms with E-state index in [9.17, 15) is 0 Å². The van der Waals surface area contributed by atoms with E-state index in [1.165, 1.54) is 16.7 Å². The molecule has 2 aromatic rings. The Balaban J connectivity index is 1.50. The second-order valence-corrected chi connectivity index (χ2v) is 7.52. The zero-order valence-corrected chi connectivity index (χ0v) is 16.0. The summed E-state index contributed by atoms with van der Waals surface area (Å²) in [6, 6.07) is 17.4. The van der Waals surface area contributed by atoms with E-state index < -0.39 is 0 Å². The molecule has 0 bridgehead atoms. The highest BCUT2D eigenvalue weighted by atomic mass is 16.6. The molecule has 2 heterocycles. The van der Waals surface area contributed by atoms with Gasteiger partial charge in [0.25, 0.3) is 0 Å². The fourth-order valence-corrected chi connectivity index (χ4v) is 3.75. The van der Waals surface area contributed by atoms with E-state index in [0.29, 0.717) is 6.54 Å². The predicted octanol–water partition coefficient (Wildman–Crippen LogP) is 2.55. The minimum absolute atomic E-state index is 0.0176. The lowest BCUT2D eigenvalue weighted by Gasteiger charge is -2.32. The number of benzene rings is 2. The Hall–Kier alpha value is -2.21. The molecule has 4 rings (SSSR count). The highest BCUT2D eigenvalue weighted by Crippen LogP contribution is 2.26. The molecule has 1 saturated heterocycles. The fraction of sp³-hybridized carbons (Fsp3) is 0.409. The van der Waals surface area contributed by atoms with Crippen LogP contribution in [-0.2, 0) is 11.4 Å². The standard InChI is InChI=1S/C22H28N4O/c1-25-10-12-26(13-11-25)16-19-4-2-3-5-21(19)17-6-8-18(9-7-17)22-14-20(15-23)27-24-22/h2-9,20H,10-16,23H2,1H3. The van der Waals surface area contributed by atoms with Crippen LogP contribution in [0.1, 0.15) is 17.5 Å². The minimum Gasteiger partial charge on any atom is -0.390 e. The van der Waals surface area contributed by atoms with E-state index in [-0.39, 0.29) is 6.10 Å². The quantitative estimate of drug-likeness (QED) is 0.886. The van der Waals surface area contributed by atoms with Gasteiger partial charge in [0.2, 0.25) is 0 Å². The molecule has 2 aliphatic heterocycles. The van der Waals surface area contributed by atoms with Crippen molar-refractivity contribution in [1.82, 2.24) is 9.80 Å². The van der Waals surface area contributed by atoms with Crippen LogP contribution < -0.4 is 5.73 Å². The first-order chi connectivity index (χ1) is 13.2. The number of hydrogen-bond donors (Lipinski definition) is 1. The lowest BCUT2D eigenvalue weighted by atomic mass is 9.96. The maximum absolute atomic E-state index is 5.67. The summed E-state index contributed by atoms with van der Waals surface area (Å²) < 4.78 is 0. The zero-order valence-electron chi connectivity index (χ0n) is 16.0. The number of hydrogen-bond acceptors (Lipinski definition) is 5. The number of piperazine rings is 1. The summed E-state index contributed by atoms with van der Waals surface area (Å²) >= 11 is 0. The summed E-state index contributed by atoms with van der Waals surface area (Å²) in [4.78, 5) is 10.3. The van der Waals surface area contributed by atoms with Gasteiger partial charge in [0.15, 0.2) is 0 Å². The molecule has 0 spiro atoms. The number of oxime groups is 1. The van der Waals surface area contributed by atoms with Crippen LogP contribution in [0.5, 0.6) is 0 Å². The van der Waals surface area contributed by atoms with Crippen molar-refractivity contribution in [2.75, 3.05) is 39.8 Å². The van der Waals surface area contributed by atoms with E-state index >= 15 is 0 Å². The Labute approximate surface area is 161 Å². The summed E-state index contributed by atoms with van der Waals surface area (Å²) in [7, 11) is 2.20. The van der Waals surface area contributed by atoms with E-state index in [1.54, 1.807) is 0 Å². The molecule has 2 aromatic carbocycles. The predicted molar refractivity (Wildman–Crippen MR) is 110 cm³/mol. The minimum atomic E-state index is 0.0176. The molecule has 5 heteroatoms. The lowest BCUT2D eigenvalue weighted by Crippen LogP contribution is -2.43. The van der Waals surface area contributed by atoms with Crippen LogP contribution >= 0.6 is 0 Å². The van der Waals surface area contributed by atoms with E-state index in [1.807, 2.05) is 0 Å². The molecule has 2 aliphatic rings. The monoisotopic (exact) mass is 364 g/mol. The Morgan fingerprint density at radius 1 is 1.00 bits per heavy atom. The first kappa shape index (κ1) is 18.2. The van der Waals surface area contributed by atoms with Crippen molar-refractivity contribution in [1.29, 1.82) is 0 Å². The SMILES string of the molecule is CN1CCN(Cc2ccccc2-c2ccc(C3=NOC(CN)C3)cc2)CC1. The van der Waals surface area contributed by atoms with Crippen LogP contribution in [0.3, 0.4) is 0 Å². The number of nitrogens with zero attached hydrogens (tertiary/aromatic N) is 3. The van der Waals surface area contributed by atoms with Gasteiger partial charge in [0.1, 0.15) is 6.10 Å². The van der Waals surface area contributed by atoms with Crippen molar-refractivity contribution < 1.29 is 4.84 Å². The maximum Gasteiger partial charge on any atom is 0.145 e. The van der Waals surface area contributed by atoms with Gasteiger partial charge in [-0.3, -0.25) is 4.90 Å². The molecular formula is C22H28N4O.